The van der Waals surface area contributed by atoms with Crippen molar-refractivity contribution in [1.29, 1.82) is 0 Å². The lowest BCUT2D eigenvalue weighted by Crippen LogP contribution is -2.29. The Balaban J connectivity index is 0.000000154. The summed E-state index contributed by atoms with van der Waals surface area (Å²) in [6, 6.07) is 16.6. The number of nitrogens with one attached hydrogen (secondary N) is 3. The van der Waals surface area contributed by atoms with Crippen LogP contribution in [-0.4, -0.2) is 109 Å². The molecule has 12 rings (SSSR count). The van der Waals surface area contributed by atoms with Crippen LogP contribution in [0, 0.1) is 0 Å². The number of halogens is 7. The Labute approximate surface area is 580 Å². The van der Waals surface area contributed by atoms with Gasteiger partial charge in [0.05, 0.1) is 63.4 Å². The number of nitrogen functional groups attached to an aromatic ring is 3. The Morgan fingerprint density at radius 2 is 0.787 bits per heavy atom. The van der Waals surface area contributed by atoms with Crippen LogP contribution < -0.4 is 52.1 Å². The van der Waals surface area contributed by atoms with Gasteiger partial charge in [-0.3, -0.25) is 14.0 Å². The van der Waals surface area contributed by atoms with Crippen molar-refractivity contribution in [3.8, 4) is 62.1 Å². The number of hydrogen-bond donors (Lipinski definition) is 7. The molecule has 28 heteroatoms. The normalized spacial score (nSPS) is 15.6. The molecule has 0 saturated carbocycles. The Kier molecular flexibility index (Phi) is 24.2. The van der Waals surface area contributed by atoms with Crippen molar-refractivity contribution in [1.82, 2.24) is 60.2 Å². The zero-order valence-electron chi connectivity index (χ0n) is 52.1. The van der Waals surface area contributed by atoms with E-state index in [1.165, 1.54) is 6.07 Å². The highest BCUT2D eigenvalue weighted by atomic mass is 35.5. The van der Waals surface area contributed by atoms with Gasteiger partial charge in [0.1, 0.15) is 36.4 Å². The lowest BCUT2D eigenvalue weighted by Gasteiger charge is -2.22. The fourth-order valence-electron chi connectivity index (χ4n) is 11.3. The average Bonchev–Trinajstić information content (AvgIpc) is 1.36. The SMILES string of the molecule is CC(Oc1cc(-c2cnn(C3CCNCC3)c2)cnc1N)c1c(Cl)ccc(Cl)c1Cl.CC(Oc1cc(-c2cnn(C3CCNCC3)c2)cnc1N)c1c(Cl)ccc(O)c1Cl.COCCOc1ccc(Cl)c(C(C)Oc2cc(-c3cnn(C4CCNCC4)c3)cnc2N)c1Cl. The van der Waals surface area contributed by atoms with Crippen molar-refractivity contribution < 1.29 is 28.8 Å². The van der Waals surface area contributed by atoms with E-state index < -0.39 is 18.3 Å². The number of pyridine rings is 3. The first-order valence-corrected chi connectivity index (χ1v) is 33.4. The number of nitrogens with zero attached hydrogens (tertiary/aromatic N) is 9. The fraction of sp³-hybridized carbons (Fsp3) is 0.364. The van der Waals surface area contributed by atoms with Gasteiger partial charge in [0, 0.05) is 109 Å². The van der Waals surface area contributed by atoms with Crippen LogP contribution in [0.3, 0.4) is 0 Å². The second-order valence-corrected chi connectivity index (χ2v) is 25.6. The maximum Gasteiger partial charge on any atom is 0.166 e. The predicted octanol–water partition coefficient (Wildman–Crippen LogP) is 15.1. The first kappa shape index (κ1) is 69.8. The van der Waals surface area contributed by atoms with Crippen molar-refractivity contribution in [2.75, 3.05) is 76.8 Å². The summed E-state index contributed by atoms with van der Waals surface area (Å²) >= 11 is 44.4. The van der Waals surface area contributed by atoms with E-state index in [-0.39, 0.29) is 28.2 Å². The smallest absolute Gasteiger partial charge is 0.166 e. The van der Waals surface area contributed by atoms with Crippen LogP contribution in [0.4, 0.5) is 17.5 Å². The summed E-state index contributed by atoms with van der Waals surface area (Å²) in [7, 11) is 1.61. The van der Waals surface area contributed by atoms with E-state index in [1.807, 2.05) is 83.3 Å². The van der Waals surface area contributed by atoms with Gasteiger partial charge in [-0.25, -0.2) is 15.0 Å². The van der Waals surface area contributed by atoms with E-state index in [9.17, 15) is 5.11 Å². The molecule has 10 N–H and O–H groups in total. The molecule has 94 heavy (non-hydrogen) atoms. The maximum atomic E-state index is 9.90. The first-order valence-electron chi connectivity index (χ1n) is 30.8. The van der Waals surface area contributed by atoms with Crippen LogP contribution in [-0.2, 0) is 4.74 Å². The predicted molar refractivity (Wildman–Crippen MR) is 374 cm³/mol. The largest absolute Gasteiger partial charge is 0.506 e. The third kappa shape index (κ3) is 17.2. The second kappa shape index (κ2) is 32.6. The van der Waals surface area contributed by atoms with Crippen LogP contribution in [0.5, 0.6) is 28.7 Å². The molecule has 3 aliphatic rings. The average molecular weight is 1420 g/mol. The topological polar surface area (TPSA) is 273 Å². The van der Waals surface area contributed by atoms with E-state index in [0.29, 0.717) is 101 Å². The highest BCUT2D eigenvalue weighted by Gasteiger charge is 2.26. The van der Waals surface area contributed by atoms with Gasteiger partial charge < -0.3 is 61.9 Å². The number of benzene rings is 3. The minimum atomic E-state index is -0.547. The standard InChI is InChI=1S/C24H29Cl2N5O3.C21H22Cl3N5O.C21H23Cl2N5O2/c1-15(22-19(25)3-4-20(23(22)26)33-10-9-32-2)34-21-11-16(12-29-24(21)27)17-13-30-31(14-17)18-5-7-28-8-6-18;1-12(19-16(22)2-3-17(23)20(19)24)30-18-8-13(9-27-21(18)25)14-10-28-29(11-14)15-4-6-26-7-5-15;1-12(19-16(22)2-3-17(29)20(19)23)30-18-8-13(9-26-21(18)24)14-10-27-28(11-14)15-4-6-25-7-5-15/h3-4,11-15,18,28H,5-10H2,1-2H3,(H2,27,29);2-3,8-12,15,26H,4-7H2,1H3,(H2,25,27);2-3,8-12,15,25,29H,4-7H2,1H3,(H2,24,26). The molecular formula is C66H74Cl7N15O6. The van der Waals surface area contributed by atoms with Crippen LogP contribution >= 0.6 is 81.2 Å². The number of nitrogens with two attached hydrogens (primary N) is 3. The van der Waals surface area contributed by atoms with E-state index in [4.69, 9.17) is 122 Å². The molecule has 0 radical (unpaired) electrons. The van der Waals surface area contributed by atoms with Gasteiger partial charge in [0.25, 0.3) is 0 Å². The molecule has 3 atom stereocenters. The summed E-state index contributed by atoms with van der Waals surface area (Å²) in [6.07, 6.45) is 21.6. The van der Waals surface area contributed by atoms with Crippen LogP contribution in [0.25, 0.3) is 33.4 Å². The zero-order valence-corrected chi connectivity index (χ0v) is 57.4. The number of phenolic OH excluding ortho intramolecular Hbond substituents is 1. The van der Waals surface area contributed by atoms with Gasteiger partial charge in [0.2, 0.25) is 0 Å². The third-order valence-electron chi connectivity index (χ3n) is 16.5. The van der Waals surface area contributed by atoms with Crippen molar-refractivity contribution in [3.05, 3.63) is 162 Å². The summed E-state index contributed by atoms with van der Waals surface area (Å²) < 4.78 is 35.1. The molecule has 3 saturated heterocycles. The molecule has 3 unspecified atom stereocenters. The fourth-order valence-corrected chi connectivity index (χ4v) is 13.5. The monoisotopic (exact) mass is 1420 g/mol. The summed E-state index contributed by atoms with van der Waals surface area (Å²) in [5.41, 5.74) is 25.4. The summed E-state index contributed by atoms with van der Waals surface area (Å²) in [4.78, 5) is 12.9. The number of methoxy groups -OCH3 is 1. The highest BCUT2D eigenvalue weighted by Crippen LogP contribution is 2.44. The van der Waals surface area contributed by atoms with Gasteiger partial charge in [-0.1, -0.05) is 81.2 Å². The second-order valence-electron chi connectivity index (χ2n) is 22.8. The van der Waals surface area contributed by atoms with E-state index >= 15 is 0 Å². The van der Waals surface area contributed by atoms with E-state index in [0.717, 1.165) is 111 Å². The number of ether oxygens (including phenoxy) is 5. The van der Waals surface area contributed by atoms with E-state index in [1.54, 1.807) is 63.0 Å². The van der Waals surface area contributed by atoms with Gasteiger partial charge >= 0.3 is 0 Å². The number of phenols is 1. The number of aromatic nitrogens is 9. The molecule has 3 aliphatic heterocycles. The zero-order chi connectivity index (χ0) is 66.6. The van der Waals surface area contributed by atoms with Gasteiger partial charge in [-0.05, 0) is 153 Å². The Morgan fingerprint density at radius 3 is 1.17 bits per heavy atom. The Hall–Kier alpha value is -6.99. The molecule has 9 aromatic rings. The highest BCUT2D eigenvalue weighted by molar-refractivity contribution is 6.44. The van der Waals surface area contributed by atoms with Crippen LogP contribution in [0.15, 0.2) is 110 Å². The van der Waals surface area contributed by atoms with Gasteiger partial charge in [-0.15, -0.1) is 0 Å². The summed E-state index contributed by atoms with van der Waals surface area (Å²) in [6.45, 7) is 12.3. The number of rotatable bonds is 19. The summed E-state index contributed by atoms with van der Waals surface area (Å²) in [5.74, 6) is 2.56. The van der Waals surface area contributed by atoms with E-state index in [2.05, 4.69) is 46.2 Å². The van der Waals surface area contributed by atoms with Crippen molar-refractivity contribution in [3.63, 3.8) is 0 Å². The Morgan fingerprint density at radius 1 is 0.447 bits per heavy atom. The lowest BCUT2D eigenvalue weighted by molar-refractivity contribution is 0.146. The number of piperidine rings is 3. The minimum Gasteiger partial charge on any atom is -0.506 e. The van der Waals surface area contributed by atoms with Crippen molar-refractivity contribution in [2.24, 2.45) is 0 Å². The molecular weight excluding hydrogens is 1350 g/mol. The molecule has 3 fully saturated rings. The first-order chi connectivity index (χ1) is 45.3. The molecule has 6 aromatic heterocycles. The number of aromatic hydroxyl groups is 1. The van der Waals surface area contributed by atoms with Gasteiger partial charge in [0.15, 0.2) is 34.7 Å². The van der Waals surface area contributed by atoms with Crippen molar-refractivity contribution >= 4 is 98.7 Å². The quantitative estimate of drug-likeness (QED) is 0.0293. The molecule has 9 heterocycles. The number of hydrogen-bond acceptors (Lipinski definition) is 18. The van der Waals surface area contributed by atoms with Gasteiger partial charge in [-0.2, -0.15) is 15.3 Å². The minimum absolute atomic E-state index is 0.0586. The molecule has 0 amide bonds. The van der Waals surface area contributed by atoms with Crippen LogP contribution in [0.2, 0.25) is 35.2 Å². The molecule has 0 bridgehead atoms. The molecule has 0 spiro atoms. The lowest BCUT2D eigenvalue weighted by atomic mass is 10.1. The molecule has 498 valence electrons. The van der Waals surface area contributed by atoms with Crippen LogP contribution in [0.1, 0.15) is 112 Å². The summed E-state index contributed by atoms with van der Waals surface area (Å²) in [5, 5.41) is 36.3. The molecule has 21 nitrogen and oxygen atoms in total. The maximum absolute atomic E-state index is 9.90. The number of anilines is 3. The Bertz CT molecular complexity index is 3860. The molecule has 3 aromatic carbocycles. The third-order valence-corrected chi connectivity index (χ3v) is 19.0. The van der Waals surface area contributed by atoms with Crippen molar-refractivity contribution in [2.45, 2.75) is 95.7 Å². The molecule has 0 aliphatic carbocycles.